The SMILES string of the molecule is C=N/C(=C\N=C(C)Nc1cc2c(cn1)c(C)c(C(C)=O)c(=O)n2C1CCCC1)N1CCCNCC1. The van der Waals surface area contributed by atoms with Crippen molar-refractivity contribution in [2.24, 2.45) is 9.98 Å². The Balaban J connectivity index is 1.68. The highest BCUT2D eigenvalue weighted by atomic mass is 16.1. The van der Waals surface area contributed by atoms with Crippen LogP contribution in [0, 0.1) is 6.92 Å². The maximum absolute atomic E-state index is 13.4. The molecule has 2 aromatic rings. The third kappa shape index (κ3) is 5.35. The lowest BCUT2D eigenvalue weighted by atomic mass is 10.0. The van der Waals surface area contributed by atoms with Gasteiger partial charge in [-0.3, -0.25) is 9.59 Å². The van der Waals surface area contributed by atoms with E-state index in [2.05, 4.69) is 37.2 Å². The number of amidine groups is 1. The molecule has 186 valence electrons. The van der Waals surface area contributed by atoms with Gasteiger partial charge in [0.2, 0.25) is 0 Å². The van der Waals surface area contributed by atoms with Crippen molar-refractivity contribution in [3.63, 3.8) is 0 Å². The Labute approximate surface area is 206 Å². The number of aromatic nitrogens is 2. The van der Waals surface area contributed by atoms with E-state index in [4.69, 9.17) is 0 Å². The molecule has 35 heavy (non-hydrogen) atoms. The van der Waals surface area contributed by atoms with Crippen molar-refractivity contribution < 1.29 is 4.79 Å². The van der Waals surface area contributed by atoms with E-state index in [-0.39, 0.29) is 22.9 Å². The molecule has 1 aliphatic carbocycles. The Kier molecular flexibility index (Phi) is 7.75. The van der Waals surface area contributed by atoms with E-state index < -0.39 is 0 Å². The number of carbonyl (C=O) groups is 1. The van der Waals surface area contributed by atoms with Gasteiger partial charge in [0.05, 0.1) is 17.3 Å². The number of nitrogens with zero attached hydrogens (tertiary/aromatic N) is 5. The Morgan fingerprint density at radius 1 is 1.23 bits per heavy atom. The zero-order valence-electron chi connectivity index (χ0n) is 20.9. The number of Topliss-reactive ketones (excluding diaryl/α,β-unsaturated/α-hetero) is 1. The van der Waals surface area contributed by atoms with Crippen LogP contribution in [0.25, 0.3) is 10.9 Å². The molecular formula is C26H35N7O2. The summed E-state index contributed by atoms with van der Waals surface area (Å²) in [5.41, 5.74) is 1.56. The number of hydrogen-bond donors (Lipinski definition) is 2. The van der Waals surface area contributed by atoms with Crippen molar-refractivity contribution in [3.8, 4) is 0 Å². The van der Waals surface area contributed by atoms with Crippen LogP contribution in [-0.4, -0.2) is 59.0 Å². The van der Waals surface area contributed by atoms with Gasteiger partial charge in [0.1, 0.15) is 17.5 Å². The van der Waals surface area contributed by atoms with E-state index in [9.17, 15) is 9.59 Å². The predicted molar refractivity (Wildman–Crippen MR) is 142 cm³/mol. The third-order valence-corrected chi connectivity index (χ3v) is 6.90. The molecule has 9 heteroatoms. The number of aliphatic imine (C=N–C) groups is 2. The maximum Gasteiger partial charge on any atom is 0.262 e. The minimum atomic E-state index is -0.204. The van der Waals surface area contributed by atoms with E-state index in [1.54, 1.807) is 12.4 Å². The minimum Gasteiger partial charge on any atom is -0.354 e. The predicted octanol–water partition coefficient (Wildman–Crippen LogP) is 3.65. The van der Waals surface area contributed by atoms with Gasteiger partial charge in [0, 0.05) is 43.3 Å². The van der Waals surface area contributed by atoms with Crippen LogP contribution in [-0.2, 0) is 0 Å². The first kappa shape index (κ1) is 24.8. The summed E-state index contributed by atoms with van der Waals surface area (Å²) < 4.78 is 1.82. The summed E-state index contributed by atoms with van der Waals surface area (Å²) in [6.45, 7) is 12.5. The highest BCUT2D eigenvalue weighted by Gasteiger charge is 2.25. The molecule has 3 heterocycles. The van der Waals surface area contributed by atoms with Gasteiger partial charge in [-0.1, -0.05) is 12.8 Å². The Bertz CT molecular complexity index is 1230. The number of hydrogen-bond acceptors (Lipinski definition) is 7. The third-order valence-electron chi connectivity index (χ3n) is 6.90. The van der Waals surface area contributed by atoms with Crippen molar-refractivity contribution in [1.82, 2.24) is 19.8 Å². The Hall–Kier alpha value is -3.33. The number of nitrogens with one attached hydrogen (secondary N) is 2. The quantitative estimate of drug-likeness (QED) is 0.374. The van der Waals surface area contributed by atoms with Crippen molar-refractivity contribution >= 4 is 35.1 Å². The van der Waals surface area contributed by atoms with Crippen molar-refractivity contribution in [3.05, 3.63) is 45.8 Å². The van der Waals surface area contributed by atoms with Gasteiger partial charge in [0.25, 0.3) is 5.56 Å². The molecule has 0 amide bonds. The van der Waals surface area contributed by atoms with E-state index in [0.717, 1.165) is 75.0 Å². The molecule has 0 radical (unpaired) electrons. The second-order valence-corrected chi connectivity index (χ2v) is 9.33. The van der Waals surface area contributed by atoms with Crippen LogP contribution >= 0.6 is 0 Å². The molecule has 0 bridgehead atoms. The van der Waals surface area contributed by atoms with Gasteiger partial charge in [-0.2, -0.15) is 0 Å². The van der Waals surface area contributed by atoms with E-state index in [1.807, 2.05) is 24.5 Å². The number of rotatable bonds is 6. The van der Waals surface area contributed by atoms with Crippen LogP contribution in [0.2, 0.25) is 0 Å². The summed E-state index contributed by atoms with van der Waals surface area (Å²) in [6.07, 6.45) is 8.56. The summed E-state index contributed by atoms with van der Waals surface area (Å²) >= 11 is 0. The van der Waals surface area contributed by atoms with Gasteiger partial charge in [-0.15, -0.1) is 0 Å². The molecule has 4 rings (SSSR count). The monoisotopic (exact) mass is 477 g/mol. The summed E-state index contributed by atoms with van der Waals surface area (Å²) in [7, 11) is 0. The number of ketones is 1. The molecule has 9 nitrogen and oxygen atoms in total. The number of fused-ring (bicyclic) bond motifs is 1. The molecule has 2 aliphatic rings. The molecular weight excluding hydrogens is 442 g/mol. The summed E-state index contributed by atoms with van der Waals surface area (Å²) in [4.78, 5) is 41.1. The summed E-state index contributed by atoms with van der Waals surface area (Å²) in [5, 5.41) is 7.45. The second kappa shape index (κ2) is 10.9. The normalized spacial score (nSPS) is 18.1. The Morgan fingerprint density at radius 3 is 2.71 bits per heavy atom. The lowest BCUT2D eigenvalue weighted by molar-refractivity contribution is 0.101. The molecule has 0 atom stereocenters. The minimum absolute atomic E-state index is 0.0981. The van der Waals surface area contributed by atoms with Crippen molar-refractivity contribution in [2.75, 3.05) is 31.5 Å². The fourth-order valence-electron chi connectivity index (χ4n) is 5.14. The van der Waals surface area contributed by atoms with Crippen molar-refractivity contribution in [2.45, 2.75) is 58.9 Å². The van der Waals surface area contributed by atoms with Crippen LogP contribution in [0.4, 0.5) is 5.82 Å². The molecule has 1 saturated heterocycles. The molecule has 2 N–H and O–H groups in total. The molecule has 0 aromatic carbocycles. The molecule has 1 aliphatic heterocycles. The van der Waals surface area contributed by atoms with Crippen LogP contribution in [0.1, 0.15) is 67.9 Å². The molecule has 1 saturated carbocycles. The van der Waals surface area contributed by atoms with E-state index >= 15 is 0 Å². The van der Waals surface area contributed by atoms with E-state index in [1.165, 1.54) is 6.92 Å². The highest BCUT2D eigenvalue weighted by Crippen LogP contribution is 2.32. The second-order valence-electron chi connectivity index (χ2n) is 9.33. The molecule has 2 aromatic heterocycles. The highest BCUT2D eigenvalue weighted by molar-refractivity contribution is 6.01. The average molecular weight is 478 g/mol. The topological polar surface area (TPSA) is 104 Å². The average Bonchev–Trinajstić information content (AvgIpc) is 3.21. The molecule has 0 spiro atoms. The number of anilines is 1. The van der Waals surface area contributed by atoms with Gasteiger partial charge >= 0.3 is 0 Å². The van der Waals surface area contributed by atoms with Crippen LogP contribution in [0.5, 0.6) is 0 Å². The fraction of sp³-hybridized carbons (Fsp3) is 0.500. The first-order valence-corrected chi connectivity index (χ1v) is 12.4. The van der Waals surface area contributed by atoms with Gasteiger partial charge in [-0.05, 0) is 58.9 Å². The first-order chi connectivity index (χ1) is 16.9. The summed E-state index contributed by atoms with van der Waals surface area (Å²) in [6, 6.07) is 1.99. The zero-order chi connectivity index (χ0) is 24.9. The van der Waals surface area contributed by atoms with Crippen LogP contribution in [0.15, 0.2) is 39.1 Å². The summed E-state index contributed by atoms with van der Waals surface area (Å²) in [5.74, 6) is 1.78. The number of carbonyl (C=O) groups excluding carboxylic acids is 1. The molecule has 2 fully saturated rings. The van der Waals surface area contributed by atoms with Crippen LogP contribution in [0.3, 0.4) is 0 Å². The van der Waals surface area contributed by atoms with Gasteiger partial charge in [-0.25, -0.2) is 15.0 Å². The lowest BCUT2D eigenvalue weighted by Gasteiger charge is -2.21. The zero-order valence-corrected chi connectivity index (χ0v) is 20.9. The van der Waals surface area contributed by atoms with Gasteiger partial charge < -0.3 is 20.1 Å². The first-order valence-electron chi connectivity index (χ1n) is 12.4. The number of pyridine rings is 2. The van der Waals surface area contributed by atoms with Crippen LogP contribution < -0.4 is 16.2 Å². The standard InChI is InChI=1S/C26H35N7O2/c1-17-21-15-30-23(31-19(3)29-16-24(27-4)32-12-7-10-28-11-13-32)14-22(21)33(20-8-5-6-9-20)26(35)25(17)18(2)34/h14-16,20,28H,4-13H2,1-3H3,(H,29,30,31)/b24-16+. The largest absolute Gasteiger partial charge is 0.354 e. The van der Waals surface area contributed by atoms with E-state index in [0.29, 0.717) is 17.2 Å². The Morgan fingerprint density at radius 2 is 2.00 bits per heavy atom. The van der Waals surface area contributed by atoms with Crippen molar-refractivity contribution in [1.29, 1.82) is 0 Å². The number of aryl methyl sites for hydroxylation is 1. The van der Waals surface area contributed by atoms with Gasteiger partial charge in [0.15, 0.2) is 5.78 Å². The maximum atomic E-state index is 13.4. The fourth-order valence-corrected chi connectivity index (χ4v) is 5.14. The lowest BCUT2D eigenvalue weighted by Crippen LogP contribution is -2.30. The molecule has 0 unspecified atom stereocenters. The smallest absolute Gasteiger partial charge is 0.262 e.